The fourth-order valence-corrected chi connectivity index (χ4v) is 1.05. The summed E-state index contributed by atoms with van der Waals surface area (Å²) in [7, 11) is 1.24. The predicted molar refractivity (Wildman–Crippen MR) is 55.3 cm³/mol. The van der Waals surface area contributed by atoms with E-state index in [2.05, 4.69) is 16.6 Å². The van der Waals surface area contributed by atoms with Crippen molar-refractivity contribution in [1.29, 1.82) is 0 Å². The molecule has 0 saturated heterocycles. The maximum atomic E-state index is 13.3. The number of hydrogen-bond donors (Lipinski definition) is 0. The van der Waals surface area contributed by atoms with Crippen LogP contribution in [-0.2, 0) is 9.53 Å². The molecule has 3 nitrogen and oxygen atoms in total. The minimum atomic E-state index is -0.582. The van der Waals surface area contributed by atoms with E-state index in [-0.39, 0.29) is 17.5 Å². The van der Waals surface area contributed by atoms with Gasteiger partial charge in [0.05, 0.1) is 12.7 Å². The summed E-state index contributed by atoms with van der Waals surface area (Å²) in [6.07, 6.45) is 0.383. The van der Waals surface area contributed by atoms with Gasteiger partial charge >= 0.3 is 5.97 Å². The first-order chi connectivity index (χ1) is 7.69. The highest BCUT2D eigenvalue weighted by Gasteiger charge is 2.04. The summed E-state index contributed by atoms with van der Waals surface area (Å²) in [6, 6.07) is 4.08. The average Bonchev–Trinajstić information content (AvgIpc) is 2.30. The Bertz CT molecular complexity index is 469. The Kier molecular flexibility index (Phi) is 4.22. The van der Waals surface area contributed by atoms with Gasteiger partial charge in [-0.05, 0) is 6.07 Å². The van der Waals surface area contributed by atoms with E-state index in [1.807, 2.05) is 0 Å². The molecule has 1 aromatic carbocycles. The van der Waals surface area contributed by atoms with Crippen molar-refractivity contribution in [1.82, 2.24) is 0 Å². The van der Waals surface area contributed by atoms with E-state index < -0.39 is 11.8 Å². The van der Waals surface area contributed by atoms with Gasteiger partial charge in [-0.1, -0.05) is 24.0 Å². The van der Waals surface area contributed by atoms with Crippen LogP contribution in [0.4, 0.5) is 4.39 Å². The van der Waals surface area contributed by atoms with E-state index in [1.165, 1.54) is 25.3 Å². The highest BCUT2D eigenvalue weighted by Crippen LogP contribution is 2.10. The summed E-state index contributed by atoms with van der Waals surface area (Å²) in [5, 5.41) is 0. The maximum absolute atomic E-state index is 13.3. The molecule has 82 valence electrons. The zero-order valence-electron chi connectivity index (χ0n) is 8.62. The Morgan fingerprint density at radius 2 is 2.31 bits per heavy atom. The SMILES string of the molecule is COC(=O)CC#Cc1c(F)cccc1C=O. The fourth-order valence-electron chi connectivity index (χ4n) is 1.05. The number of hydrogen-bond acceptors (Lipinski definition) is 3. The molecule has 4 heteroatoms. The smallest absolute Gasteiger partial charge is 0.317 e. The lowest BCUT2D eigenvalue weighted by molar-refractivity contribution is -0.139. The Hall–Kier alpha value is -2.15. The molecule has 0 unspecified atom stereocenters. The van der Waals surface area contributed by atoms with Gasteiger partial charge in [0.15, 0.2) is 6.29 Å². The molecule has 0 aromatic heterocycles. The van der Waals surface area contributed by atoms with E-state index in [4.69, 9.17) is 0 Å². The number of rotatable bonds is 2. The monoisotopic (exact) mass is 220 g/mol. The molecule has 0 atom stereocenters. The van der Waals surface area contributed by atoms with E-state index in [9.17, 15) is 14.0 Å². The molecular formula is C12H9FO3. The lowest BCUT2D eigenvalue weighted by atomic mass is 10.1. The highest BCUT2D eigenvalue weighted by atomic mass is 19.1. The Morgan fingerprint density at radius 3 is 2.94 bits per heavy atom. The Morgan fingerprint density at radius 1 is 1.56 bits per heavy atom. The normalized spacial score (nSPS) is 8.88. The van der Waals surface area contributed by atoms with Gasteiger partial charge < -0.3 is 4.74 Å². The standard InChI is InChI=1S/C12H9FO3/c1-16-12(15)7-3-5-10-9(8-14)4-2-6-11(10)13/h2,4,6,8H,7H2,1H3. The first kappa shape index (κ1) is 11.9. The molecule has 0 aliphatic heterocycles. The first-order valence-corrected chi connectivity index (χ1v) is 4.48. The molecule has 0 N–H and O–H groups in total. The van der Waals surface area contributed by atoms with Crippen LogP contribution in [-0.4, -0.2) is 19.4 Å². The number of benzene rings is 1. The zero-order chi connectivity index (χ0) is 12.0. The Balaban J connectivity index is 2.95. The van der Waals surface area contributed by atoms with Crippen molar-refractivity contribution in [2.75, 3.05) is 7.11 Å². The number of aldehydes is 1. The summed E-state index contributed by atoms with van der Waals surface area (Å²) in [6.45, 7) is 0. The molecule has 0 aliphatic rings. The lowest BCUT2D eigenvalue weighted by Gasteiger charge is -1.97. The third kappa shape index (κ3) is 2.92. The summed E-state index contributed by atoms with van der Waals surface area (Å²) in [5.74, 6) is 3.80. The van der Waals surface area contributed by atoms with Gasteiger partial charge in [0.1, 0.15) is 12.2 Å². The van der Waals surface area contributed by atoms with Crippen molar-refractivity contribution in [2.24, 2.45) is 0 Å². The number of esters is 1. The molecule has 1 aromatic rings. The van der Waals surface area contributed by atoms with E-state index >= 15 is 0 Å². The van der Waals surface area contributed by atoms with Crippen LogP contribution >= 0.6 is 0 Å². The third-order valence-corrected chi connectivity index (χ3v) is 1.85. The van der Waals surface area contributed by atoms with Crippen molar-refractivity contribution in [3.8, 4) is 11.8 Å². The minimum absolute atomic E-state index is 0.00130. The van der Waals surface area contributed by atoms with Crippen LogP contribution < -0.4 is 0 Å². The van der Waals surface area contributed by atoms with Gasteiger partial charge in [0.2, 0.25) is 0 Å². The number of carbonyl (C=O) groups is 2. The largest absolute Gasteiger partial charge is 0.468 e. The third-order valence-electron chi connectivity index (χ3n) is 1.85. The summed E-state index contributed by atoms with van der Waals surface area (Å²) < 4.78 is 17.6. The van der Waals surface area contributed by atoms with Crippen LogP contribution in [0.25, 0.3) is 0 Å². The molecular weight excluding hydrogens is 211 g/mol. The topological polar surface area (TPSA) is 43.4 Å². The van der Waals surface area contributed by atoms with E-state index in [0.717, 1.165) is 0 Å². The van der Waals surface area contributed by atoms with Crippen LogP contribution in [0.2, 0.25) is 0 Å². The Labute approximate surface area is 92.2 Å². The highest BCUT2D eigenvalue weighted by molar-refractivity contribution is 5.80. The van der Waals surface area contributed by atoms with Crippen LogP contribution in [0.1, 0.15) is 22.3 Å². The average molecular weight is 220 g/mol. The molecule has 0 saturated carbocycles. The van der Waals surface area contributed by atoms with E-state index in [1.54, 1.807) is 0 Å². The number of ether oxygens (including phenoxy) is 1. The molecule has 0 radical (unpaired) electrons. The summed E-state index contributed by atoms with van der Waals surface area (Å²) in [5.41, 5.74) is 0.166. The molecule has 0 heterocycles. The zero-order valence-corrected chi connectivity index (χ0v) is 8.62. The van der Waals surface area contributed by atoms with Gasteiger partial charge in [-0.25, -0.2) is 4.39 Å². The van der Waals surface area contributed by atoms with Crippen molar-refractivity contribution >= 4 is 12.3 Å². The molecule has 1 rings (SSSR count). The maximum Gasteiger partial charge on any atom is 0.317 e. The van der Waals surface area contributed by atoms with Crippen molar-refractivity contribution in [3.05, 3.63) is 35.1 Å². The second kappa shape index (κ2) is 5.66. The van der Waals surface area contributed by atoms with Crippen molar-refractivity contribution in [3.63, 3.8) is 0 Å². The number of methoxy groups -OCH3 is 1. The first-order valence-electron chi connectivity index (χ1n) is 4.48. The van der Waals surface area contributed by atoms with Crippen LogP contribution in [0.3, 0.4) is 0 Å². The van der Waals surface area contributed by atoms with Crippen molar-refractivity contribution in [2.45, 2.75) is 6.42 Å². The van der Waals surface area contributed by atoms with Gasteiger partial charge in [-0.2, -0.15) is 0 Å². The molecule has 0 bridgehead atoms. The second-order valence-electron chi connectivity index (χ2n) is 2.88. The van der Waals surface area contributed by atoms with Gasteiger partial charge in [-0.3, -0.25) is 9.59 Å². The van der Waals surface area contributed by atoms with Crippen LogP contribution in [0.5, 0.6) is 0 Å². The quantitative estimate of drug-likeness (QED) is 0.431. The molecule has 0 spiro atoms. The molecule has 0 amide bonds. The number of halogens is 1. The van der Waals surface area contributed by atoms with Gasteiger partial charge in [0, 0.05) is 5.56 Å². The van der Waals surface area contributed by atoms with Crippen molar-refractivity contribution < 1.29 is 18.7 Å². The van der Waals surface area contributed by atoms with Crippen LogP contribution in [0, 0.1) is 17.7 Å². The predicted octanol–water partition coefficient (Wildman–Crippen LogP) is 1.55. The molecule has 16 heavy (non-hydrogen) atoms. The lowest BCUT2D eigenvalue weighted by Crippen LogP contribution is -1.97. The summed E-state index contributed by atoms with van der Waals surface area (Å²) >= 11 is 0. The summed E-state index contributed by atoms with van der Waals surface area (Å²) in [4.78, 5) is 21.4. The minimum Gasteiger partial charge on any atom is -0.468 e. The second-order valence-corrected chi connectivity index (χ2v) is 2.88. The number of carbonyl (C=O) groups excluding carboxylic acids is 2. The van der Waals surface area contributed by atoms with Gasteiger partial charge in [0.25, 0.3) is 0 Å². The fraction of sp³-hybridized carbons (Fsp3) is 0.167. The molecule has 0 fully saturated rings. The van der Waals surface area contributed by atoms with Gasteiger partial charge in [-0.15, -0.1) is 0 Å². The van der Waals surface area contributed by atoms with E-state index in [0.29, 0.717) is 6.29 Å². The van der Waals surface area contributed by atoms with Crippen LogP contribution in [0.15, 0.2) is 18.2 Å². The molecule has 0 aliphatic carbocycles.